The Kier molecular flexibility index (Phi) is 6.81. The fourth-order valence-corrected chi connectivity index (χ4v) is 5.31. The first-order valence-corrected chi connectivity index (χ1v) is 11.4. The van der Waals surface area contributed by atoms with Crippen LogP contribution in [0.1, 0.15) is 24.4 Å². The number of anilines is 1. The molecule has 13 nitrogen and oxygen atoms in total. The van der Waals surface area contributed by atoms with Crippen LogP contribution < -0.4 is 26.0 Å². The van der Waals surface area contributed by atoms with Crippen molar-refractivity contribution in [2.45, 2.75) is 24.4 Å². The predicted octanol–water partition coefficient (Wildman–Crippen LogP) is 1.33. The first-order valence-electron chi connectivity index (χ1n) is 11.4. The fourth-order valence-electron chi connectivity index (χ4n) is 5.31. The van der Waals surface area contributed by atoms with Gasteiger partial charge in [-0.05, 0) is 25.0 Å². The van der Waals surface area contributed by atoms with E-state index in [-0.39, 0.29) is 30.8 Å². The van der Waals surface area contributed by atoms with Gasteiger partial charge in [0.25, 0.3) is 5.69 Å². The number of nitrogens with zero attached hydrogens (tertiary/aromatic N) is 2. The van der Waals surface area contributed by atoms with Crippen LogP contribution in [0.15, 0.2) is 48.5 Å². The average Bonchev–Trinajstić information content (AvgIpc) is 3.35. The first kappa shape index (κ1) is 25.6. The number of imide groups is 1. The number of benzene rings is 2. The summed E-state index contributed by atoms with van der Waals surface area (Å²) in [6.07, 6.45) is 0.0274. The average molecular weight is 511 g/mol. The van der Waals surface area contributed by atoms with Crippen LogP contribution in [0.5, 0.6) is 5.75 Å². The number of hydrogen-bond donors (Lipinski definition) is 4. The minimum Gasteiger partial charge on any atom is -0.496 e. The van der Waals surface area contributed by atoms with Crippen molar-refractivity contribution in [1.29, 1.82) is 0 Å². The van der Waals surface area contributed by atoms with Crippen LogP contribution >= 0.6 is 0 Å². The molecule has 0 aromatic heterocycles. The zero-order valence-electron chi connectivity index (χ0n) is 19.7. The third-order valence-corrected chi connectivity index (χ3v) is 6.86. The molecule has 4 atom stereocenters. The van der Waals surface area contributed by atoms with Crippen LogP contribution in [0.2, 0.25) is 0 Å². The maximum absolute atomic E-state index is 13.8. The maximum Gasteiger partial charge on any atom is 0.324 e. The zero-order chi connectivity index (χ0) is 26.9. The van der Waals surface area contributed by atoms with Gasteiger partial charge in [0.2, 0.25) is 11.8 Å². The van der Waals surface area contributed by atoms with E-state index in [2.05, 4.69) is 10.6 Å². The van der Waals surface area contributed by atoms with Crippen molar-refractivity contribution in [3.63, 3.8) is 0 Å². The third kappa shape index (κ3) is 4.33. The molecule has 4 unspecified atom stereocenters. The summed E-state index contributed by atoms with van der Waals surface area (Å²) in [4.78, 5) is 62.9. The molecular formula is C24H25N5O8. The molecule has 0 radical (unpaired) electrons. The number of fused-ring (bicyclic) bond motifs is 1. The van der Waals surface area contributed by atoms with Gasteiger partial charge in [0.15, 0.2) is 0 Å². The maximum atomic E-state index is 13.8. The summed E-state index contributed by atoms with van der Waals surface area (Å²) in [5, 5.41) is 27.1. The Bertz CT molecular complexity index is 1280. The number of urea groups is 1. The summed E-state index contributed by atoms with van der Waals surface area (Å²) in [6.45, 7) is 0.0550. The van der Waals surface area contributed by atoms with E-state index >= 15 is 0 Å². The normalized spacial score (nSPS) is 24.6. The van der Waals surface area contributed by atoms with E-state index < -0.39 is 52.2 Å². The number of carboxylic acid groups (broad SMARTS) is 1. The first-order chi connectivity index (χ1) is 17.6. The number of carbonyl (C=O) groups is 4. The number of methoxy groups -OCH3 is 1. The van der Waals surface area contributed by atoms with E-state index in [1.54, 1.807) is 24.3 Å². The highest BCUT2D eigenvalue weighted by atomic mass is 16.6. The van der Waals surface area contributed by atoms with Crippen molar-refractivity contribution in [2.24, 2.45) is 17.6 Å². The molecule has 2 fully saturated rings. The fraction of sp³-hybridized carbons (Fsp3) is 0.333. The van der Waals surface area contributed by atoms with Crippen LogP contribution in [-0.2, 0) is 14.4 Å². The lowest BCUT2D eigenvalue weighted by Crippen LogP contribution is -2.56. The Morgan fingerprint density at radius 2 is 1.95 bits per heavy atom. The Hall–Kier alpha value is -4.52. The topological polar surface area (TPSA) is 194 Å². The number of carbonyl (C=O) groups excluding carboxylic acids is 3. The number of para-hydroxylation sites is 1. The molecule has 4 amide bonds. The van der Waals surface area contributed by atoms with Gasteiger partial charge in [-0.15, -0.1) is 0 Å². The second-order valence-electron chi connectivity index (χ2n) is 8.83. The van der Waals surface area contributed by atoms with Crippen molar-refractivity contribution in [3.05, 3.63) is 64.2 Å². The molecule has 2 heterocycles. The number of carboxylic acids is 1. The predicted molar refractivity (Wildman–Crippen MR) is 129 cm³/mol. The standard InChI is InChI=1S/C24H25N5O8/c1-37-16-9-3-2-8-15(16)19-17-18(24(27-19,22(32)33)10-5-11-26-23(25)34)21(31)28(20(17)30)13-6-4-7-14(12-13)29(35)36/h2-4,6-9,12,17-19,27H,5,10-11H2,1H3,(H,32,33)(H3,25,26,34). The lowest BCUT2D eigenvalue weighted by atomic mass is 9.77. The molecule has 4 rings (SSSR count). The number of nitro groups is 1. The number of nitrogens with one attached hydrogen (secondary N) is 2. The van der Waals surface area contributed by atoms with Crippen LogP contribution in [0.3, 0.4) is 0 Å². The summed E-state index contributed by atoms with van der Waals surface area (Å²) >= 11 is 0. The molecule has 13 heteroatoms. The summed E-state index contributed by atoms with van der Waals surface area (Å²) in [7, 11) is 1.43. The summed E-state index contributed by atoms with van der Waals surface area (Å²) in [5.41, 5.74) is 3.37. The number of non-ortho nitro benzene ring substituents is 1. The van der Waals surface area contributed by atoms with E-state index in [0.717, 1.165) is 11.0 Å². The second kappa shape index (κ2) is 9.85. The van der Waals surface area contributed by atoms with E-state index in [9.17, 15) is 34.4 Å². The molecule has 0 spiro atoms. The van der Waals surface area contributed by atoms with Crippen LogP contribution in [0.25, 0.3) is 0 Å². The highest BCUT2D eigenvalue weighted by Crippen LogP contribution is 2.52. The number of ether oxygens (including phenoxy) is 1. The van der Waals surface area contributed by atoms with E-state index in [1.165, 1.54) is 25.3 Å². The van der Waals surface area contributed by atoms with Crippen molar-refractivity contribution < 1.29 is 33.9 Å². The quantitative estimate of drug-likeness (QED) is 0.166. The van der Waals surface area contributed by atoms with Gasteiger partial charge in [-0.25, -0.2) is 9.69 Å². The molecular weight excluding hydrogens is 486 g/mol. The molecule has 37 heavy (non-hydrogen) atoms. The van der Waals surface area contributed by atoms with Gasteiger partial charge in [0, 0.05) is 30.3 Å². The zero-order valence-corrected chi connectivity index (χ0v) is 19.7. The van der Waals surface area contributed by atoms with Crippen molar-refractivity contribution in [3.8, 4) is 5.75 Å². The van der Waals surface area contributed by atoms with Crippen LogP contribution in [0, 0.1) is 22.0 Å². The Morgan fingerprint density at radius 3 is 2.59 bits per heavy atom. The Balaban J connectivity index is 1.82. The van der Waals surface area contributed by atoms with Gasteiger partial charge in [0.1, 0.15) is 11.3 Å². The van der Waals surface area contributed by atoms with E-state index in [4.69, 9.17) is 10.5 Å². The van der Waals surface area contributed by atoms with Gasteiger partial charge >= 0.3 is 12.0 Å². The number of amides is 4. The lowest BCUT2D eigenvalue weighted by Gasteiger charge is -2.31. The summed E-state index contributed by atoms with van der Waals surface area (Å²) < 4.78 is 5.44. The highest BCUT2D eigenvalue weighted by molar-refractivity contribution is 6.24. The van der Waals surface area contributed by atoms with Crippen LogP contribution in [0.4, 0.5) is 16.2 Å². The molecule has 0 saturated carbocycles. The molecule has 2 aromatic rings. The van der Waals surface area contributed by atoms with Gasteiger partial charge in [-0.3, -0.25) is 29.8 Å². The summed E-state index contributed by atoms with van der Waals surface area (Å²) in [5.74, 6) is -4.89. The van der Waals surface area contributed by atoms with Crippen molar-refractivity contribution >= 4 is 35.2 Å². The molecule has 0 bridgehead atoms. The molecule has 0 aliphatic carbocycles. The van der Waals surface area contributed by atoms with Crippen LogP contribution in [-0.4, -0.2) is 53.0 Å². The summed E-state index contributed by atoms with van der Waals surface area (Å²) in [6, 6.07) is 10.1. The highest BCUT2D eigenvalue weighted by Gasteiger charge is 2.68. The molecule has 2 aliphatic heterocycles. The molecule has 2 aliphatic rings. The Labute approximate surface area is 210 Å². The number of hydrogen-bond acceptors (Lipinski definition) is 8. The second-order valence-corrected chi connectivity index (χ2v) is 8.83. The van der Waals surface area contributed by atoms with Crippen molar-refractivity contribution in [1.82, 2.24) is 10.6 Å². The largest absolute Gasteiger partial charge is 0.496 e. The van der Waals surface area contributed by atoms with Crippen molar-refractivity contribution in [2.75, 3.05) is 18.6 Å². The minimum atomic E-state index is -1.88. The molecule has 5 N–H and O–H groups in total. The molecule has 2 aromatic carbocycles. The number of rotatable bonds is 9. The third-order valence-electron chi connectivity index (χ3n) is 6.86. The number of nitrogens with two attached hydrogens (primary N) is 1. The lowest BCUT2D eigenvalue weighted by molar-refractivity contribution is -0.384. The molecule has 2 saturated heterocycles. The van der Waals surface area contributed by atoms with Gasteiger partial charge in [0.05, 0.1) is 29.6 Å². The van der Waals surface area contributed by atoms with Gasteiger partial charge < -0.3 is 20.9 Å². The monoisotopic (exact) mass is 511 g/mol. The van der Waals surface area contributed by atoms with Gasteiger partial charge in [-0.2, -0.15) is 0 Å². The number of primary amides is 1. The molecule has 194 valence electrons. The number of nitro benzene ring substituents is 1. The Morgan fingerprint density at radius 1 is 1.22 bits per heavy atom. The minimum absolute atomic E-state index is 0.0212. The van der Waals surface area contributed by atoms with E-state index in [1.807, 2.05) is 0 Å². The smallest absolute Gasteiger partial charge is 0.324 e. The van der Waals surface area contributed by atoms with E-state index in [0.29, 0.717) is 11.3 Å². The number of aliphatic carboxylic acids is 1. The SMILES string of the molecule is COc1ccccc1C1NC(CCCNC(N)=O)(C(=O)O)C2C(=O)N(c3cccc([N+](=O)[O-])c3)C(=O)C12. The van der Waals surface area contributed by atoms with Gasteiger partial charge in [-0.1, -0.05) is 24.3 Å².